The van der Waals surface area contributed by atoms with Crippen molar-refractivity contribution in [3.63, 3.8) is 0 Å². The zero-order valence-electron chi connectivity index (χ0n) is 16.5. The molecule has 6 heteroatoms. The molecule has 1 saturated carbocycles. The lowest BCUT2D eigenvalue weighted by Gasteiger charge is -2.15. The third-order valence-electron chi connectivity index (χ3n) is 5.42. The molecule has 5 nitrogen and oxygen atoms in total. The molecule has 1 atom stereocenters. The van der Waals surface area contributed by atoms with Gasteiger partial charge in [-0.15, -0.1) is 0 Å². The van der Waals surface area contributed by atoms with Gasteiger partial charge < -0.3 is 9.84 Å². The van der Waals surface area contributed by atoms with Crippen LogP contribution in [0, 0.1) is 5.92 Å². The zero-order valence-corrected chi connectivity index (χ0v) is 17.3. The molecule has 1 aliphatic carbocycles. The van der Waals surface area contributed by atoms with E-state index >= 15 is 0 Å². The summed E-state index contributed by atoms with van der Waals surface area (Å²) < 4.78 is 31.3. The normalized spacial score (nSPS) is 15.9. The SMILES string of the molecule is O=C(O)C(CCCc1ccccc1)CS(=O)(=O)c1ccc(OC2CCCC2)cc1. The fourth-order valence-corrected chi connectivity index (χ4v) is 5.34. The van der Waals surface area contributed by atoms with E-state index in [2.05, 4.69) is 0 Å². The third kappa shape index (κ3) is 6.32. The quantitative estimate of drug-likeness (QED) is 0.616. The molecule has 0 bridgehead atoms. The zero-order chi connectivity index (χ0) is 20.7. The number of hydrogen-bond donors (Lipinski definition) is 1. The molecule has 0 aromatic heterocycles. The van der Waals surface area contributed by atoms with E-state index in [0.29, 0.717) is 18.6 Å². The molecule has 0 radical (unpaired) electrons. The summed E-state index contributed by atoms with van der Waals surface area (Å²) in [5.74, 6) is -1.71. The van der Waals surface area contributed by atoms with Crippen LogP contribution in [0.15, 0.2) is 59.5 Å². The van der Waals surface area contributed by atoms with E-state index < -0.39 is 21.7 Å². The maximum absolute atomic E-state index is 12.7. The molecular weight excluding hydrogens is 388 g/mol. The summed E-state index contributed by atoms with van der Waals surface area (Å²) in [4.78, 5) is 11.8. The third-order valence-corrected chi connectivity index (χ3v) is 7.25. The second-order valence-electron chi connectivity index (χ2n) is 7.69. The maximum Gasteiger partial charge on any atom is 0.307 e. The summed E-state index contributed by atoms with van der Waals surface area (Å²) in [6.45, 7) is 0. The van der Waals surface area contributed by atoms with Gasteiger partial charge in [0.05, 0.1) is 22.7 Å². The molecule has 1 N–H and O–H groups in total. The van der Waals surface area contributed by atoms with Crippen molar-refractivity contribution in [3.8, 4) is 5.75 Å². The number of aliphatic carboxylic acids is 1. The van der Waals surface area contributed by atoms with Crippen molar-refractivity contribution in [2.45, 2.75) is 55.9 Å². The van der Waals surface area contributed by atoms with Crippen LogP contribution < -0.4 is 4.74 Å². The van der Waals surface area contributed by atoms with E-state index in [4.69, 9.17) is 4.74 Å². The molecule has 0 amide bonds. The second kappa shape index (κ2) is 9.92. The number of carboxylic acids is 1. The van der Waals surface area contributed by atoms with Crippen LogP contribution in [-0.4, -0.2) is 31.4 Å². The standard InChI is InChI=1S/C23H28O5S/c24-23(25)19(10-6-9-18-7-2-1-3-8-18)17-29(26,27)22-15-13-21(14-16-22)28-20-11-4-5-12-20/h1-3,7-8,13-16,19-20H,4-6,9-12,17H2,(H,24,25). The minimum Gasteiger partial charge on any atom is -0.490 e. The summed E-state index contributed by atoms with van der Waals surface area (Å²) in [5.41, 5.74) is 1.12. The summed E-state index contributed by atoms with van der Waals surface area (Å²) in [6, 6.07) is 16.1. The first-order valence-corrected chi connectivity index (χ1v) is 11.9. The molecule has 0 saturated heterocycles. The summed E-state index contributed by atoms with van der Waals surface area (Å²) in [7, 11) is -3.68. The first-order chi connectivity index (χ1) is 13.9. The lowest BCUT2D eigenvalue weighted by atomic mass is 10.0. The van der Waals surface area contributed by atoms with Gasteiger partial charge in [-0.3, -0.25) is 4.79 Å². The number of ether oxygens (including phenoxy) is 1. The fourth-order valence-electron chi connectivity index (χ4n) is 3.76. The number of hydrogen-bond acceptors (Lipinski definition) is 4. The summed E-state index contributed by atoms with van der Waals surface area (Å²) in [6.07, 6.45) is 6.29. The Morgan fingerprint density at radius 2 is 1.69 bits per heavy atom. The first-order valence-electron chi connectivity index (χ1n) is 10.2. The Morgan fingerprint density at radius 1 is 1.03 bits per heavy atom. The smallest absolute Gasteiger partial charge is 0.307 e. The lowest BCUT2D eigenvalue weighted by Crippen LogP contribution is -2.24. The molecule has 156 valence electrons. The van der Waals surface area contributed by atoms with Gasteiger partial charge in [-0.05, 0) is 74.8 Å². The number of carbonyl (C=O) groups is 1. The average molecular weight is 417 g/mol. The van der Waals surface area contributed by atoms with Gasteiger partial charge >= 0.3 is 5.97 Å². The Labute approximate surface area is 172 Å². The van der Waals surface area contributed by atoms with Gasteiger partial charge in [-0.25, -0.2) is 8.42 Å². The van der Waals surface area contributed by atoms with Crippen LogP contribution in [0.2, 0.25) is 0 Å². The Morgan fingerprint density at radius 3 is 2.31 bits per heavy atom. The summed E-state index contributed by atoms with van der Waals surface area (Å²) >= 11 is 0. The van der Waals surface area contributed by atoms with Crippen LogP contribution in [0.3, 0.4) is 0 Å². The largest absolute Gasteiger partial charge is 0.490 e. The van der Waals surface area contributed by atoms with Crippen LogP contribution >= 0.6 is 0 Å². The Kier molecular flexibility index (Phi) is 7.31. The topological polar surface area (TPSA) is 80.7 Å². The van der Waals surface area contributed by atoms with Gasteiger partial charge in [0, 0.05) is 0 Å². The van der Waals surface area contributed by atoms with Gasteiger partial charge in [0.15, 0.2) is 9.84 Å². The molecular formula is C23H28O5S. The highest BCUT2D eigenvalue weighted by atomic mass is 32.2. The number of benzene rings is 2. The Bertz CT molecular complexity index is 885. The molecule has 1 unspecified atom stereocenters. The number of aryl methyl sites for hydroxylation is 1. The van der Waals surface area contributed by atoms with Crippen molar-refractivity contribution < 1.29 is 23.1 Å². The Hall–Kier alpha value is -2.34. The molecule has 0 aliphatic heterocycles. The van der Waals surface area contributed by atoms with Crippen molar-refractivity contribution in [3.05, 3.63) is 60.2 Å². The molecule has 29 heavy (non-hydrogen) atoms. The second-order valence-corrected chi connectivity index (χ2v) is 9.72. The maximum atomic E-state index is 12.7. The van der Waals surface area contributed by atoms with Crippen molar-refractivity contribution >= 4 is 15.8 Å². The number of rotatable bonds is 10. The van der Waals surface area contributed by atoms with E-state index in [0.717, 1.165) is 37.7 Å². The van der Waals surface area contributed by atoms with Crippen LogP contribution in [0.25, 0.3) is 0 Å². The van der Waals surface area contributed by atoms with E-state index in [-0.39, 0.29) is 16.8 Å². The van der Waals surface area contributed by atoms with Gasteiger partial charge in [0.25, 0.3) is 0 Å². The van der Waals surface area contributed by atoms with E-state index in [9.17, 15) is 18.3 Å². The van der Waals surface area contributed by atoms with E-state index in [1.165, 1.54) is 12.1 Å². The van der Waals surface area contributed by atoms with Gasteiger partial charge in [0.2, 0.25) is 0 Å². The highest BCUT2D eigenvalue weighted by molar-refractivity contribution is 7.91. The van der Waals surface area contributed by atoms with Crippen molar-refractivity contribution in [2.24, 2.45) is 5.92 Å². The molecule has 2 aromatic carbocycles. The van der Waals surface area contributed by atoms with Crippen LogP contribution in [-0.2, 0) is 21.1 Å². The predicted molar refractivity (Wildman–Crippen MR) is 112 cm³/mol. The van der Waals surface area contributed by atoms with Crippen molar-refractivity contribution in [1.82, 2.24) is 0 Å². The fraction of sp³-hybridized carbons (Fsp3) is 0.435. The van der Waals surface area contributed by atoms with Crippen molar-refractivity contribution in [2.75, 3.05) is 5.75 Å². The molecule has 1 aliphatic rings. The van der Waals surface area contributed by atoms with Crippen molar-refractivity contribution in [1.29, 1.82) is 0 Å². The van der Waals surface area contributed by atoms with E-state index in [1.807, 2.05) is 30.3 Å². The predicted octanol–water partition coefficient (Wildman–Crippen LogP) is 4.51. The lowest BCUT2D eigenvalue weighted by molar-refractivity contribution is -0.141. The Balaban J connectivity index is 1.58. The minimum absolute atomic E-state index is 0.144. The monoisotopic (exact) mass is 416 g/mol. The van der Waals surface area contributed by atoms with Gasteiger partial charge in [-0.2, -0.15) is 0 Å². The molecule has 0 spiro atoms. The molecule has 2 aromatic rings. The van der Waals surface area contributed by atoms with E-state index in [1.54, 1.807) is 12.1 Å². The molecule has 1 fully saturated rings. The molecule has 3 rings (SSSR count). The number of sulfone groups is 1. The average Bonchev–Trinajstić information content (AvgIpc) is 3.21. The first kappa shape index (κ1) is 21.4. The minimum atomic E-state index is -3.68. The molecule has 0 heterocycles. The van der Waals surface area contributed by atoms with Crippen LogP contribution in [0.4, 0.5) is 0 Å². The number of carboxylic acid groups (broad SMARTS) is 1. The van der Waals surface area contributed by atoms with Crippen LogP contribution in [0.5, 0.6) is 5.75 Å². The summed E-state index contributed by atoms with van der Waals surface area (Å²) in [5, 5.41) is 9.50. The van der Waals surface area contributed by atoms with Crippen LogP contribution in [0.1, 0.15) is 44.1 Å². The van der Waals surface area contributed by atoms with Gasteiger partial charge in [0.1, 0.15) is 5.75 Å². The highest BCUT2D eigenvalue weighted by Gasteiger charge is 2.26. The van der Waals surface area contributed by atoms with Gasteiger partial charge in [-0.1, -0.05) is 30.3 Å². The highest BCUT2D eigenvalue weighted by Crippen LogP contribution is 2.26.